The van der Waals surface area contributed by atoms with Crippen LogP contribution in [0.25, 0.3) is 0 Å². The maximum absolute atomic E-state index is 13.1. The molecule has 1 aromatic rings. The summed E-state index contributed by atoms with van der Waals surface area (Å²) in [5, 5.41) is 3.02. The van der Waals surface area contributed by atoms with Crippen molar-refractivity contribution in [3.05, 3.63) is 29.0 Å². The number of amides is 1. The Morgan fingerprint density at radius 1 is 1.44 bits per heavy atom. The highest BCUT2D eigenvalue weighted by molar-refractivity contribution is 6.33. The van der Waals surface area contributed by atoms with Gasteiger partial charge < -0.3 is 11.1 Å². The highest BCUT2D eigenvalue weighted by atomic mass is 35.5. The highest BCUT2D eigenvalue weighted by Crippen LogP contribution is 2.38. The van der Waals surface area contributed by atoms with E-state index < -0.39 is 11.2 Å². The van der Waals surface area contributed by atoms with Crippen molar-refractivity contribution in [2.75, 3.05) is 11.9 Å². The van der Waals surface area contributed by atoms with Crippen molar-refractivity contribution >= 4 is 23.2 Å². The fourth-order valence-corrected chi connectivity index (χ4v) is 2.59. The van der Waals surface area contributed by atoms with Crippen LogP contribution in [0.1, 0.15) is 25.7 Å². The summed E-state index contributed by atoms with van der Waals surface area (Å²) in [7, 11) is 0. The third-order valence-electron chi connectivity index (χ3n) is 3.61. The highest BCUT2D eigenvalue weighted by Gasteiger charge is 2.39. The Morgan fingerprint density at radius 3 is 2.72 bits per heavy atom. The van der Waals surface area contributed by atoms with E-state index >= 15 is 0 Å². The van der Waals surface area contributed by atoms with E-state index in [-0.39, 0.29) is 5.91 Å². The van der Waals surface area contributed by atoms with E-state index in [0.717, 1.165) is 25.7 Å². The Bertz CT molecular complexity index is 458. The molecule has 0 radical (unpaired) electrons. The average molecular weight is 271 g/mol. The Balaban J connectivity index is 2.18. The lowest BCUT2D eigenvalue weighted by molar-refractivity contribution is -0.124. The van der Waals surface area contributed by atoms with Crippen LogP contribution in [0, 0.1) is 11.2 Å². The number of nitrogens with one attached hydrogen (secondary N) is 1. The molecular weight excluding hydrogens is 255 g/mol. The second-order valence-corrected chi connectivity index (χ2v) is 5.18. The predicted molar refractivity (Wildman–Crippen MR) is 70.0 cm³/mol. The van der Waals surface area contributed by atoms with Gasteiger partial charge in [-0.15, -0.1) is 0 Å². The average Bonchev–Trinajstić information content (AvgIpc) is 2.84. The maximum Gasteiger partial charge on any atom is 0.231 e. The second kappa shape index (κ2) is 5.24. The maximum atomic E-state index is 13.1. The SMILES string of the molecule is NCC1(C(=O)Nc2cc(F)ccc2Cl)CCCC1. The van der Waals surface area contributed by atoms with Crippen molar-refractivity contribution in [1.29, 1.82) is 0 Å². The van der Waals surface area contributed by atoms with Crippen molar-refractivity contribution < 1.29 is 9.18 Å². The summed E-state index contributed by atoms with van der Waals surface area (Å²) in [6, 6.07) is 3.90. The lowest BCUT2D eigenvalue weighted by Crippen LogP contribution is -2.40. The van der Waals surface area contributed by atoms with E-state index in [0.29, 0.717) is 17.3 Å². The molecule has 1 aromatic carbocycles. The Hall–Kier alpha value is -1.13. The molecule has 1 amide bonds. The first-order chi connectivity index (χ1) is 8.57. The van der Waals surface area contributed by atoms with Gasteiger partial charge in [0.15, 0.2) is 0 Å². The summed E-state index contributed by atoms with van der Waals surface area (Å²) >= 11 is 5.92. The van der Waals surface area contributed by atoms with Crippen LogP contribution in [0.3, 0.4) is 0 Å². The van der Waals surface area contributed by atoms with Crippen LogP contribution in [0.5, 0.6) is 0 Å². The smallest absolute Gasteiger partial charge is 0.231 e. The monoisotopic (exact) mass is 270 g/mol. The molecule has 0 unspecified atom stereocenters. The van der Waals surface area contributed by atoms with E-state index in [1.54, 1.807) is 0 Å². The lowest BCUT2D eigenvalue weighted by atomic mass is 9.85. The predicted octanol–water partition coefficient (Wildman–Crippen LogP) is 2.94. The largest absolute Gasteiger partial charge is 0.329 e. The zero-order valence-corrected chi connectivity index (χ0v) is 10.8. The van der Waals surface area contributed by atoms with E-state index in [1.165, 1.54) is 18.2 Å². The molecule has 1 aliphatic rings. The molecule has 1 saturated carbocycles. The standard InChI is InChI=1S/C13H16ClFN2O/c14-10-4-3-9(15)7-11(10)17-12(18)13(8-16)5-1-2-6-13/h3-4,7H,1-2,5-6,8,16H2,(H,17,18). The van der Waals surface area contributed by atoms with Gasteiger partial charge in [0.05, 0.1) is 16.1 Å². The van der Waals surface area contributed by atoms with Crippen molar-refractivity contribution in [3.8, 4) is 0 Å². The van der Waals surface area contributed by atoms with E-state index in [1.807, 2.05) is 0 Å². The fraction of sp³-hybridized carbons (Fsp3) is 0.462. The number of carbonyl (C=O) groups is 1. The van der Waals surface area contributed by atoms with Gasteiger partial charge in [0, 0.05) is 6.54 Å². The molecule has 0 atom stereocenters. The van der Waals surface area contributed by atoms with Crippen LogP contribution >= 0.6 is 11.6 Å². The minimum absolute atomic E-state index is 0.157. The molecule has 3 N–H and O–H groups in total. The van der Waals surface area contributed by atoms with Gasteiger partial charge in [-0.05, 0) is 31.0 Å². The molecule has 0 aromatic heterocycles. The van der Waals surface area contributed by atoms with Gasteiger partial charge in [0.2, 0.25) is 5.91 Å². The molecule has 0 saturated heterocycles. The van der Waals surface area contributed by atoms with Crippen molar-refractivity contribution in [1.82, 2.24) is 0 Å². The number of hydrogen-bond acceptors (Lipinski definition) is 2. The Morgan fingerprint density at radius 2 is 2.11 bits per heavy atom. The third-order valence-corrected chi connectivity index (χ3v) is 3.94. The number of nitrogens with two attached hydrogens (primary N) is 1. The van der Waals surface area contributed by atoms with E-state index in [9.17, 15) is 9.18 Å². The van der Waals surface area contributed by atoms with Gasteiger partial charge in [-0.3, -0.25) is 4.79 Å². The molecule has 3 nitrogen and oxygen atoms in total. The van der Waals surface area contributed by atoms with Crippen molar-refractivity contribution in [2.24, 2.45) is 11.1 Å². The van der Waals surface area contributed by atoms with Gasteiger partial charge in [-0.25, -0.2) is 4.39 Å². The van der Waals surface area contributed by atoms with Gasteiger partial charge in [0.25, 0.3) is 0 Å². The zero-order valence-electron chi connectivity index (χ0n) is 10.0. The normalized spacial score (nSPS) is 17.7. The minimum Gasteiger partial charge on any atom is -0.329 e. The number of carbonyl (C=O) groups excluding carboxylic acids is 1. The fourth-order valence-electron chi connectivity index (χ4n) is 2.42. The topological polar surface area (TPSA) is 55.1 Å². The van der Waals surface area contributed by atoms with Crippen molar-refractivity contribution in [3.63, 3.8) is 0 Å². The van der Waals surface area contributed by atoms with E-state index in [4.69, 9.17) is 17.3 Å². The molecule has 0 heterocycles. The van der Waals surface area contributed by atoms with Gasteiger partial charge in [0.1, 0.15) is 5.82 Å². The molecular formula is C13H16ClFN2O. The quantitative estimate of drug-likeness (QED) is 0.887. The molecule has 0 aliphatic heterocycles. The van der Waals surface area contributed by atoms with Crippen molar-refractivity contribution in [2.45, 2.75) is 25.7 Å². The Labute approximate surface area is 111 Å². The first kappa shape index (κ1) is 13.3. The van der Waals surface area contributed by atoms with Crippen LogP contribution in [0.15, 0.2) is 18.2 Å². The number of halogens is 2. The zero-order chi connectivity index (χ0) is 13.2. The first-order valence-electron chi connectivity index (χ1n) is 6.04. The van der Waals surface area contributed by atoms with Gasteiger partial charge in [-0.1, -0.05) is 24.4 Å². The Kier molecular flexibility index (Phi) is 3.88. The molecule has 0 spiro atoms. The summed E-state index contributed by atoms with van der Waals surface area (Å²) in [5.74, 6) is -0.585. The van der Waals surface area contributed by atoms with Gasteiger partial charge in [-0.2, -0.15) is 0 Å². The first-order valence-corrected chi connectivity index (χ1v) is 6.42. The summed E-state index contributed by atoms with van der Waals surface area (Å²) < 4.78 is 13.1. The molecule has 18 heavy (non-hydrogen) atoms. The lowest BCUT2D eigenvalue weighted by Gasteiger charge is -2.25. The summed E-state index contributed by atoms with van der Waals surface area (Å²) in [6.07, 6.45) is 3.56. The second-order valence-electron chi connectivity index (χ2n) is 4.77. The molecule has 98 valence electrons. The summed E-state index contributed by atoms with van der Waals surface area (Å²) in [5.41, 5.74) is 5.51. The molecule has 5 heteroatoms. The molecule has 0 bridgehead atoms. The third kappa shape index (κ3) is 2.49. The van der Waals surface area contributed by atoms with Crippen LogP contribution in [0.4, 0.5) is 10.1 Å². The molecule has 1 fully saturated rings. The molecule has 2 rings (SSSR count). The van der Waals surface area contributed by atoms with Crippen LogP contribution < -0.4 is 11.1 Å². The number of benzene rings is 1. The summed E-state index contributed by atoms with van der Waals surface area (Å²) in [4.78, 5) is 12.3. The van der Waals surface area contributed by atoms with Crippen LogP contribution in [-0.2, 0) is 4.79 Å². The van der Waals surface area contributed by atoms with Crippen LogP contribution in [0.2, 0.25) is 5.02 Å². The number of hydrogen-bond donors (Lipinski definition) is 2. The number of rotatable bonds is 3. The van der Waals surface area contributed by atoms with E-state index in [2.05, 4.69) is 5.32 Å². The molecule has 1 aliphatic carbocycles. The number of anilines is 1. The van der Waals surface area contributed by atoms with Gasteiger partial charge >= 0.3 is 0 Å². The minimum atomic E-state index is -0.518. The van der Waals surface area contributed by atoms with Crippen LogP contribution in [-0.4, -0.2) is 12.5 Å². The summed E-state index contributed by atoms with van der Waals surface area (Å²) in [6.45, 7) is 0.311.